The number of guanidine groups is 1. The smallest absolute Gasteiger partial charge is 0.194 e. The lowest BCUT2D eigenvalue weighted by molar-refractivity contribution is 0.249. The third kappa shape index (κ3) is 5.88. The van der Waals surface area contributed by atoms with Crippen molar-refractivity contribution in [2.75, 3.05) is 33.3 Å². The van der Waals surface area contributed by atoms with Gasteiger partial charge in [-0.05, 0) is 57.0 Å². The first-order chi connectivity index (χ1) is 14.6. The van der Waals surface area contributed by atoms with E-state index in [4.69, 9.17) is 9.73 Å². The number of nitrogens with zero attached hydrogens (tertiary/aromatic N) is 6. The number of rotatable bonds is 6. The molecule has 1 aromatic carbocycles. The summed E-state index contributed by atoms with van der Waals surface area (Å²) in [6.45, 7) is 7.76. The Kier molecular flexibility index (Phi) is 8.53. The van der Waals surface area contributed by atoms with Gasteiger partial charge >= 0.3 is 0 Å². The molecular weight excluding hydrogens is 505 g/mol. The van der Waals surface area contributed by atoms with Gasteiger partial charge in [0.1, 0.15) is 11.6 Å². The van der Waals surface area contributed by atoms with E-state index in [1.54, 1.807) is 7.11 Å². The molecule has 1 N–H and O–H groups in total. The van der Waals surface area contributed by atoms with Gasteiger partial charge in [-0.25, -0.2) is 4.99 Å². The Bertz CT molecular complexity index is 861. The molecule has 3 heterocycles. The number of benzene rings is 1. The fourth-order valence-corrected chi connectivity index (χ4v) is 4.27. The fraction of sp³-hybridized carbons (Fsp3) is 0.591. The highest BCUT2D eigenvalue weighted by molar-refractivity contribution is 14.0. The third-order valence-corrected chi connectivity index (χ3v) is 6.28. The number of hydrogen-bond donors (Lipinski definition) is 1. The van der Waals surface area contributed by atoms with Crippen molar-refractivity contribution in [3.63, 3.8) is 0 Å². The lowest BCUT2D eigenvalue weighted by Gasteiger charge is -2.25. The average Bonchev–Trinajstić information content (AvgIpc) is 3.52. The Morgan fingerprint density at radius 1 is 1.16 bits per heavy atom. The molecule has 2 aliphatic heterocycles. The third-order valence-electron chi connectivity index (χ3n) is 6.28. The van der Waals surface area contributed by atoms with Crippen LogP contribution in [0, 0.1) is 6.92 Å². The van der Waals surface area contributed by atoms with Crippen LogP contribution in [0.4, 0.5) is 0 Å². The maximum Gasteiger partial charge on any atom is 0.194 e. The second-order valence-electron chi connectivity index (χ2n) is 8.20. The van der Waals surface area contributed by atoms with Crippen molar-refractivity contribution < 1.29 is 4.74 Å². The first-order valence-corrected chi connectivity index (χ1v) is 10.9. The molecule has 0 amide bonds. The van der Waals surface area contributed by atoms with Crippen molar-refractivity contribution in [3.05, 3.63) is 41.5 Å². The lowest BCUT2D eigenvalue weighted by atomic mass is 10.2. The van der Waals surface area contributed by atoms with Crippen molar-refractivity contribution in [1.29, 1.82) is 0 Å². The highest BCUT2D eigenvalue weighted by Crippen LogP contribution is 2.21. The zero-order chi connectivity index (χ0) is 20.9. The predicted molar refractivity (Wildman–Crippen MR) is 133 cm³/mol. The molecule has 1 unspecified atom stereocenters. The van der Waals surface area contributed by atoms with Crippen LogP contribution in [-0.2, 0) is 20.1 Å². The quantitative estimate of drug-likeness (QED) is 0.346. The molecule has 0 radical (unpaired) electrons. The molecule has 2 aromatic rings. The second-order valence-corrected chi connectivity index (χ2v) is 8.20. The Hall–Kier alpha value is -1.88. The number of aromatic nitrogens is 3. The van der Waals surface area contributed by atoms with Gasteiger partial charge in [0.2, 0.25) is 0 Å². The van der Waals surface area contributed by atoms with Crippen molar-refractivity contribution in [1.82, 2.24) is 29.9 Å². The molecule has 0 aliphatic carbocycles. The minimum Gasteiger partial charge on any atom is -0.497 e. The summed E-state index contributed by atoms with van der Waals surface area (Å²) in [5, 5.41) is 12.0. The van der Waals surface area contributed by atoms with Gasteiger partial charge in [0.15, 0.2) is 11.8 Å². The van der Waals surface area contributed by atoms with E-state index in [-0.39, 0.29) is 24.0 Å². The molecule has 2 fully saturated rings. The molecule has 1 aromatic heterocycles. The van der Waals surface area contributed by atoms with Gasteiger partial charge < -0.3 is 19.5 Å². The van der Waals surface area contributed by atoms with Crippen molar-refractivity contribution in [2.45, 2.75) is 45.3 Å². The van der Waals surface area contributed by atoms with Crippen LogP contribution in [0.2, 0.25) is 0 Å². The summed E-state index contributed by atoms with van der Waals surface area (Å²) in [5.41, 5.74) is 1.17. The van der Waals surface area contributed by atoms with Crippen LogP contribution < -0.4 is 10.1 Å². The molecule has 2 saturated heterocycles. The number of ether oxygens (including phenoxy) is 1. The largest absolute Gasteiger partial charge is 0.497 e. The number of halogens is 1. The monoisotopic (exact) mass is 539 g/mol. The first kappa shape index (κ1) is 23.8. The fourth-order valence-electron chi connectivity index (χ4n) is 4.27. The van der Waals surface area contributed by atoms with Crippen LogP contribution >= 0.6 is 24.0 Å². The maximum atomic E-state index is 5.26. The van der Waals surface area contributed by atoms with Crippen LogP contribution in [-0.4, -0.2) is 69.9 Å². The maximum absolute atomic E-state index is 5.26. The first-order valence-electron chi connectivity index (χ1n) is 10.9. The predicted octanol–water partition coefficient (Wildman–Crippen LogP) is 2.57. The standard InChI is InChI=1S/C22H33N7O.HI/c1-17-25-26-21(27(17)2)15-24-22(23-14-18-6-8-20(30-3)9-7-18)29-13-10-19(16-29)28-11-4-5-12-28;/h6-9,19H,4-5,10-16H2,1-3H3,(H,23,24);1H. The molecule has 8 nitrogen and oxygen atoms in total. The van der Waals surface area contributed by atoms with Gasteiger partial charge in [-0.15, -0.1) is 34.2 Å². The highest BCUT2D eigenvalue weighted by atomic mass is 127. The van der Waals surface area contributed by atoms with Crippen LogP contribution in [0.1, 0.15) is 36.5 Å². The number of likely N-dealkylation sites (tertiary alicyclic amines) is 2. The van der Waals surface area contributed by atoms with Crippen molar-refractivity contribution in [2.24, 2.45) is 12.0 Å². The minimum atomic E-state index is 0. The topological polar surface area (TPSA) is 70.8 Å². The minimum absolute atomic E-state index is 0. The van der Waals surface area contributed by atoms with E-state index >= 15 is 0 Å². The second kappa shape index (κ2) is 11.1. The number of hydrogen-bond acceptors (Lipinski definition) is 5. The van der Waals surface area contributed by atoms with E-state index in [0.29, 0.717) is 19.1 Å². The van der Waals surface area contributed by atoms with E-state index < -0.39 is 0 Å². The van der Waals surface area contributed by atoms with Gasteiger partial charge in [-0.1, -0.05) is 12.1 Å². The van der Waals surface area contributed by atoms with Gasteiger partial charge in [0.25, 0.3) is 0 Å². The Morgan fingerprint density at radius 2 is 1.90 bits per heavy atom. The number of nitrogens with one attached hydrogen (secondary N) is 1. The summed E-state index contributed by atoms with van der Waals surface area (Å²) in [5.74, 6) is 3.65. The molecule has 2 aliphatic rings. The Labute approximate surface area is 202 Å². The van der Waals surface area contributed by atoms with Crippen LogP contribution in [0.5, 0.6) is 5.75 Å². The van der Waals surface area contributed by atoms with Gasteiger partial charge in [-0.3, -0.25) is 4.90 Å². The van der Waals surface area contributed by atoms with Gasteiger partial charge in [0.05, 0.1) is 20.2 Å². The normalized spacial score (nSPS) is 19.5. The summed E-state index contributed by atoms with van der Waals surface area (Å²) >= 11 is 0. The van der Waals surface area contributed by atoms with Crippen molar-refractivity contribution in [3.8, 4) is 5.75 Å². The molecule has 0 bridgehead atoms. The lowest BCUT2D eigenvalue weighted by Crippen LogP contribution is -2.42. The molecule has 0 spiro atoms. The van der Waals surface area contributed by atoms with E-state index in [9.17, 15) is 0 Å². The molecule has 170 valence electrons. The molecular formula is C22H34IN7O. The summed E-state index contributed by atoms with van der Waals surface area (Å²) in [6, 6.07) is 8.75. The molecule has 31 heavy (non-hydrogen) atoms. The van der Waals surface area contributed by atoms with Gasteiger partial charge in [0, 0.05) is 26.2 Å². The van der Waals surface area contributed by atoms with Crippen LogP contribution in [0.3, 0.4) is 0 Å². The summed E-state index contributed by atoms with van der Waals surface area (Å²) < 4.78 is 7.28. The number of aliphatic imine (C=N–C) groups is 1. The molecule has 0 saturated carbocycles. The SMILES string of the molecule is COc1ccc(CN=C(NCc2nnc(C)n2C)N2CCC(N3CCCC3)C2)cc1.I. The molecule has 4 rings (SSSR count). The average molecular weight is 539 g/mol. The van der Waals surface area contributed by atoms with Crippen molar-refractivity contribution >= 4 is 29.9 Å². The van der Waals surface area contributed by atoms with E-state index in [0.717, 1.165) is 36.4 Å². The zero-order valence-corrected chi connectivity index (χ0v) is 21.1. The van der Waals surface area contributed by atoms with Crippen LogP contribution in [0.15, 0.2) is 29.3 Å². The number of aryl methyl sites for hydroxylation is 1. The van der Waals surface area contributed by atoms with E-state index in [2.05, 4.69) is 37.4 Å². The van der Waals surface area contributed by atoms with Crippen LogP contribution in [0.25, 0.3) is 0 Å². The summed E-state index contributed by atoms with van der Waals surface area (Å²) in [7, 11) is 3.69. The number of methoxy groups -OCH3 is 1. The molecule has 1 atom stereocenters. The van der Waals surface area contributed by atoms with E-state index in [1.807, 2.05) is 30.7 Å². The zero-order valence-electron chi connectivity index (χ0n) is 18.8. The highest BCUT2D eigenvalue weighted by Gasteiger charge is 2.30. The Morgan fingerprint density at radius 3 is 2.55 bits per heavy atom. The van der Waals surface area contributed by atoms with E-state index in [1.165, 1.54) is 37.9 Å². The van der Waals surface area contributed by atoms with Gasteiger partial charge in [-0.2, -0.15) is 0 Å². The Balaban J connectivity index is 0.00000272. The summed E-state index contributed by atoms with van der Waals surface area (Å²) in [4.78, 5) is 10.0. The summed E-state index contributed by atoms with van der Waals surface area (Å²) in [6.07, 6.45) is 3.86. The molecule has 9 heteroatoms.